The molecule has 172 valence electrons. The second-order valence-electron chi connectivity index (χ2n) is 8.18. The molecule has 0 aliphatic carbocycles. The molecule has 1 aliphatic heterocycles. The van der Waals surface area contributed by atoms with Gasteiger partial charge in [-0.3, -0.25) is 4.79 Å². The minimum absolute atomic E-state index is 0.203. The van der Waals surface area contributed by atoms with Crippen molar-refractivity contribution in [1.82, 2.24) is 0 Å². The maximum atomic E-state index is 12.0. The first-order valence-electron chi connectivity index (χ1n) is 11.5. The predicted octanol–water partition coefficient (Wildman–Crippen LogP) is 2.81. The van der Waals surface area contributed by atoms with E-state index in [1.165, 1.54) is 64.2 Å². The summed E-state index contributed by atoms with van der Waals surface area (Å²) in [5.41, 5.74) is 0. The summed E-state index contributed by atoms with van der Waals surface area (Å²) in [6.07, 6.45) is 9.08. The van der Waals surface area contributed by atoms with Crippen LogP contribution in [0.15, 0.2) is 0 Å². The number of ether oxygens (including phenoxy) is 2. The number of carbonyl (C=O) groups excluding carboxylic acids is 1. The number of unbranched alkanes of at least 4 members (excludes halogenated alkanes) is 12. The lowest BCUT2D eigenvalue weighted by Gasteiger charge is -2.39. The molecule has 1 rings (SSSR count). The van der Waals surface area contributed by atoms with Crippen LogP contribution in [0.4, 0.5) is 0 Å². The van der Waals surface area contributed by atoms with Gasteiger partial charge in [-0.15, -0.1) is 0 Å². The summed E-state index contributed by atoms with van der Waals surface area (Å²) in [5, 5.41) is 38.6. The zero-order valence-corrected chi connectivity index (χ0v) is 18.0. The Kier molecular flexibility index (Phi) is 14.5. The van der Waals surface area contributed by atoms with E-state index in [4.69, 9.17) is 14.6 Å². The highest BCUT2D eigenvalue weighted by Crippen LogP contribution is 2.23. The van der Waals surface area contributed by atoms with Crippen LogP contribution in [0.1, 0.15) is 96.8 Å². The number of rotatable bonds is 16. The SMILES string of the molecule is CCCCCCCCCCCCCCCC(=O)O[C@H]1[C@@H](O)[C@@H](CO)OC(O)[C@@H]1O. The lowest BCUT2D eigenvalue weighted by Crippen LogP contribution is -2.59. The van der Waals surface area contributed by atoms with Gasteiger partial charge in [0.2, 0.25) is 0 Å². The molecule has 0 aromatic heterocycles. The molecule has 29 heavy (non-hydrogen) atoms. The third-order valence-corrected chi connectivity index (χ3v) is 5.59. The summed E-state index contributed by atoms with van der Waals surface area (Å²) in [6.45, 7) is 1.69. The molecule has 0 radical (unpaired) electrons. The first-order chi connectivity index (χ1) is 14.0. The van der Waals surface area contributed by atoms with Crippen LogP contribution < -0.4 is 0 Å². The minimum Gasteiger partial charge on any atom is -0.456 e. The zero-order valence-electron chi connectivity index (χ0n) is 18.0. The van der Waals surface area contributed by atoms with E-state index in [0.717, 1.165) is 12.8 Å². The summed E-state index contributed by atoms with van der Waals surface area (Å²) in [6, 6.07) is 0. The molecular weight excluding hydrogens is 376 g/mol. The Labute approximate surface area is 175 Å². The van der Waals surface area contributed by atoms with E-state index in [2.05, 4.69) is 6.92 Å². The molecule has 4 N–H and O–H groups in total. The Morgan fingerprint density at radius 3 is 1.76 bits per heavy atom. The van der Waals surface area contributed by atoms with E-state index in [9.17, 15) is 20.1 Å². The third kappa shape index (κ3) is 10.7. The number of hydrogen-bond donors (Lipinski definition) is 4. The van der Waals surface area contributed by atoms with Gasteiger partial charge < -0.3 is 29.9 Å². The fourth-order valence-corrected chi connectivity index (χ4v) is 3.70. The maximum absolute atomic E-state index is 12.0. The van der Waals surface area contributed by atoms with Crippen molar-refractivity contribution in [2.45, 2.75) is 128 Å². The van der Waals surface area contributed by atoms with Crippen molar-refractivity contribution in [2.24, 2.45) is 0 Å². The van der Waals surface area contributed by atoms with Crippen LogP contribution in [-0.2, 0) is 14.3 Å². The van der Waals surface area contributed by atoms with E-state index in [1.807, 2.05) is 0 Å². The van der Waals surface area contributed by atoms with Crippen molar-refractivity contribution in [3.63, 3.8) is 0 Å². The monoisotopic (exact) mass is 418 g/mol. The van der Waals surface area contributed by atoms with Crippen LogP contribution in [0.25, 0.3) is 0 Å². The highest BCUT2D eigenvalue weighted by Gasteiger charge is 2.45. The molecule has 0 spiro atoms. The second kappa shape index (κ2) is 16.0. The number of aliphatic hydroxyl groups excluding tert-OH is 4. The first-order valence-corrected chi connectivity index (χ1v) is 11.5. The molecule has 1 fully saturated rings. The van der Waals surface area contributed by atoms with E-state index in [1.54, 1.807) is 0 Å². The van der Waals surface area contributed by atoms with Crippen LogP contribution in [0.5, 0.6) is 0 Å². The van der Waals surface area contributed by atoms with Crippen molar-refractivity contribution in [3.8, 4) is 0 Å². The topological polar surface area (TPSA) is 116 Å². The highest BCUT2D eigenvalue weighted by molar-refractivity contribution is 5.69. The van der Waals surface area contributed by atoms with E-state index in [-0.39, 0.29) is 6.42 Å². The molecule has 7 nitrogen and oxygen atoms in total. The normalized spacial score (nSPS) is 27.1. The van der Waals surface area contributed by atoms with Gasteiger partial charge in [-0.2, -0.15) is 0 Å². The van der Waals surface area contributed by atoms with Crippen molar-refractivity contribution in [3.05, 3.63) is 0 Å². The van der Waals surface area contributed by atoms with Crippen LogP contribution in [0, 0.1) is 0 Å². The molecule has 0 aromatic carbocycles. The zero-order chi connectivity index (χ0) is 21.5. The standard InChI is InChI=1S/C22H42O7/c1-2-3-4-5-6-7-8-9-10-11-12-13-14-15-18(24)29-21-19(25)17(16-23)28-22(27)20(21)26/h17,19-23,25-27H,2-16H2,1H3/t17-,19+,20-,21+,22?/m1/s1. The molecule has 1 unspecified atom stereocenters. The van der Waals surface area contributed by atoms with Crippen molar-refractivity contribution in [1.29, 1.82) is 0 Å². The van der Waals surface area contributed by atoms with E-state index in [0.29, 0.717) is 6.42 Å². The molecule has 1 saturated heterocycles. The summed E-state index contributed by atoms with van der Waals surface area (Å²) < 4.78 is 10.0. The molecular formula is C22H42O7. The average molecular weight is 419 g/mol. The van der Waals surface area contributed by atoms with Gasteiger partial charge >= 0.3 is 5.97 Å². The molecule has 0 aromatic rings. The summed E-state index contributed by atoms with van der Waals surface area (Å²) >= 11 is 0. The third-order valence-electron chi connectivity index (χ3n) is 5.59. The Bertz CT molecular complexity index is 418. The smallest absolute Gasteiger partial charge is 0.306 e. The maximum Gasteiger partial charge on any atom is 0.306 e. The molecule has 0 bridgehead atoms. The van der Waals surface area contributed by atoms with Crippen LogP contribution in [0.3, 0.4) is 0 Å². The van der Waals surface area contributed by atoms with Gasteiger partial charge in [0.1, 0.15) is 18.3 Å². The van der Waals surface area contributed by atoms with Crippen LogP contribution in [-0.4, -0.2) is 63.7 Å². The molecule has 1 aliphatic rings. The highest BCUT2D eigenvalue weighted by atomic mass is 16.7. The molecule has 5 atom stereocenters. The molecule has 7 heteroatoms. The lowest BCUT2D eigenvalue weighted by atomic mass is 9.99. The second-order valence-corrected chi connectivity index (χ2v) is 8.18. The number of carbonyl (C=O) groups is 1. The van der Waals surface area contributed by atoms with Gasteiger partial charge in [0.05, 0.1) is 6.61 Å². The number of hydrogen-bond acceptors (Lipinski definition) is 7. The molecule has 1 heterocycles. The van der Waals surface area contributed by atoms with Gasteiger partial charge in [-0.1, -0.05) is 84.0 Å². The quantitative estimate of drug-likeness (QED) is 0.225. The van der Waals surface area contributed by atoms with Gasteiger partial charge in [0.15, 0.2) is 12.4 Å². The minimum atomic E-state index is -1.61. The van der Waals surface area contributed by atoms with Crippen molar-refractivity contribution >= 4 is 5.97 Å². The summed E-state index contributed by atoms with van der Waals surface area (Å²) in [5.74, 6) is -0.526. The fourth-order valence-electron chi connectivity index (χ4n) is 3.70. The fraction of sp³-hybridized carbons (Fsp3) is 0.955. The summed E-state index contributed by atoms with van der Waals surface area (Å²) in [4.78, 5) is 12.0. The predicted molar refractivity (Wildman–Crippen MR) is 110 cm³/mol. The Balaban J connectivity index is 2.02. The number of aliphatic hydroxyl groups is 4. The van der Waals surface area contributed by atoms with Crippen molar-refractivity contribution in [2.75, 3.05) is 6.61 Å². The molecule has 0 saturated carbocycles. The van der Waals surface area contributed by atoms with Gasteiger partial charge in [-0.05, 0) is 6.42 Å². The van der Waals surface area contributed by atoms with Crippen molar-refractivity contribution < 1.29 is 34.7 Å². The number of esters is 1. The Morgan fingerprint density at radius 2 is 1.28 bits per heavy atom. The van der Waals surface area contributed by atoms with Gasteiger partial charge in [0.25, 0.3) is 0 Å². The average Bonchev–Trinajstić information content (AvgIpc) is 2.71. The van der Waals surface area contributed by atoms with E-state index < -0.39 is 43.3 Å². The Morgan fingerprint density at radius 1 is 0.793 bits per heavy atom. The van der Waals surface area contributed by atoms with Crippen LogP contribution in [0.2, 0.25) is 0 Å². The van der Waals surface area contributed by atoms with Crippen LogP contribution >= 0.6 is 0 Å². The molecule has 0 amide bonds. The Hall–Kier alpha value is -0.730. The summed E-state index contributed by atoms with van der Waals surface area (Å²) in [7, 11) is 0. The van der Waals surface area contributed by atoms with Gasteiger partial charge in [-0.25, -0.2) is 0 Å². The van der Waals surface area contributed by atoms with E-state index >= 15 is 0 Å². The van der Waals surface area contributed by atoms with Gasteiger partial charge in [0, 0.05) is 6.42 Å². The lowest BCUT2D eigenvalue weighted by molar-refractivity contribution is -0.289. The first kappa shape index (κ1) is 26.3. The largest absolute Gasteiger partial charge is 0.456 e.